The molecule has 1 heterocycles. The van der Waals surface area contributed by atoms with Crippen molar-refractivity contribution in [2.45, 2.75) is 0 Å². The van der Waals surface area contributed by atoms with Crippen LogP contribution in [0.2, 0.25) is 5.02 Å². The van der Waals surface area contributed by atoms with Gasteiger partial charge in [-0.3, -0.25) is 19.9 Å². The van der Waals surface area contributed by atoms with Crippen molar-refractivity contribution >= 4 is 29.2 Å². The molecular weight excluding hydrogens is 420 g/mol. The average molecular weight is 447 g/mol. The third kappa shape index (κ3) is 7.43. The van der Waals surface area contributed by atoms with Gasteiger partial charge in [-0.1, -0.05) is 23.7 Å². The molecule has 0 radical (unpaired) electrons. The van der Waals surface area contributed by atoms with E-state index in [0.29, 0.717) is 28.8 Å². The number of ether oxygens (including phenoxy) is 2. The molecule has 0 spiro atoms. The first kappa shape index (κ1) is 22.9. The van der Waals surface area contributed by atoms with Crippen LogP contribution in [0, 0.1) is 0 Å². The molecular formula is C22H27ClN4O4. The van der Waals surface area contributed by atoms with Crippen LogP contribution in [0.4, 0.5) is 10.5 Å². The second kappa shape index (κ2) is 11.5. The molecule has 0 aliphatic carbocycles. The molecule has 166 valence electrons. The highest BCUT2D eigenvalue weighted by molar-refractivity contribution is 6.32. The fraction of sp³-hybridized carbons (Fsp3) is 0.364. The van der Waals surface area contributed by atoms with E-state index in [1.54, 1.807) is 37.4 Å². The summed E-state index contributed by atoms with van der Waals surface area (Å²) in [4.78, 5) is 28.5. The van der Waals surface area contributed by atoms with Crippen molar-refractivity contribution in [2.75, 3.05) is 58.3 Å². The van der Waals surface area contributed by atoms with Gasteiger partial charge in [0.15, 0.2) is 0 Å². The SMILES string of the molecule is COc1ccc(NC(=O)NC(=O)CN2CCN(CCOc3ccccc3Cl)CC2)cc1. The lowest BCUT2D eigenvalue weighted by Crippen LogP contribution is -2.51. The number of para-hydroxylation sites is 1. The molecule has 1 aliphatic heterocycles. The van der Waals surface area contributed by atoms with Crippen LogP contribution in [0.3, 0.4) is 0 Å². The number of urea groups is 1. The van der Waals surface area contributed by atoms with Gasteiger partial charge >= 0.3 is 6.03 Å². The van der Waals surface area contributed by atoms with Crippen LogP contribution >= 0.6 is 11.6 Å². The third-order valence-corrected chi connectivity index (χ3v) is 5.25. The molecule has 31 heavy (non-hydrogen) atoms. The number of nitrogens with one attached hydrogen (secondary N) is 2. The minimum atomic E-state index is -0.550. The molecule has 9 heteroatoms. The third-order valence-electron chi connectivity index (χ3n) is 4.93. The molecule has 2 aromatic rings. The minimum absolute atomic E-state index is 0.181. The number of halogens is 1. The van der Waals surface area contributed by atoms with Gasteiger partial charge in [-0.05, 0) is 36.4 Å². The Morgan fingerprint density at radius 1 is 1.00 bits per heavy atom. The van der Waals surface area contributed by atoms with E-state index in [9.17, 15) is 9.59 Å². The summed E-state index contributed by atoms with van der Waals surface area (Å²) < 4.78 is 10.8. The number of nitrogens with zero attached hydrogens (tertiary/aromatic N) is 2. The first-order chi connectivity index (χ1) is 15.0. The summed E-state index contributed by atoms with van der Waals surface area (Å²) in [7, 11) is 1.57. The van der Waals surface area contributed by atoms with Crippen LogP contribution in [-0.4, -0.2) is 74.7 Å². The molecule has 1 aliphatic rings. The molecule has 8 nitrogen and oxygen atoms in total. The highest BCUT2D eigenvalue weighted by atomic mass is 35.5. The topological polar surface area (TPSA) is 83.1 Å². The van der Waals surface area contributed by atoms with Gasteiger partial charge in [-0.25, -0.2) is 4.79 Å². The van der Waals surface area contributed by atoms with Gasteiger partial charge in [0.25, 0.3) is 0 Å². The summed E-state index contributed by atoms with van der Waals surface area (Å²) in [6.45, 7) is 4.68. The molecule has 0 bridgehead atoms. The standard InChI is InChI=1S/C22H27ClN4O4/c1-30-18-8-6-17(7-9-18)24-22(29)25-21(28)16-27-12-10-26(11-13-27)14-15-31-20-5-3-2-4-19(20)23/h2-9H,10-16H2,1H3,(H2,24,25,28,29). The number of methoxy groups -OCH3 is 1. The second-order valence-corrected chi connectivity index (χ2v) is 7.53. The molecule has 0 unspecified atom stereocenters. The van der Waals surface area contributed by atoms with E-state index in [4.69, 9.17) is 21.1 Å². The predicted octanol–water partition coefficient (Wildman–Crippen LogP) is 2.69. The van der Waals surface area contributed by atoms with Crippen LogP contribution in [0.5, 0.6) is 11.5 Å². The zero-order valence-corrected chi connectivity index (χ0v) is 18.2. The van der Waals surface area contributed by atoms with Crippen molar-refractivity contribution in [1.29, 1.82) is 0 Å². The summed E-state index contributed by atoms with van der Waals surface area (Å²) in [5.74, 6) is 1.05. The lowest BCUT2D eigenvalue weighted by atomic mass is 10.3. The molecule has 0 saturated carbocycles. The summed E-state index contributed by atoms with van der Waals surface area (Å²) >= 11 is 6.09. The number of rotatable bonds is 8. The van der Waals surface area contributed by atoms with Gasteiger partial charge in [0.2, 0.25) is 5.91 Å². The number of piperazine rings is 1. The van der Waals surface area contributed by atoms with Crippen LogP contribution in [0.15, 0.2) is 48.5 Å². The zero-order chi connectivity index (χ0) is 22.1. The fourth-order valence-corrected chi connectivity index (χ4v) is 3.41. The molecule has 3 rings (SSSR count). The Hall–Kier alpha value is -2.81. The Morgan fingerprint density at radius 2 is 1.68 bits per heavy atom. The molecule has 0 atom stereocenters. The smallest absolute Gasteiger partial charge is 0.325 e. The van der Waals surface area contributed by atoms with Crippen LogP contribution in [0.25, 0.3) is 0 Å². The Bertz CT molecular complexity index is 870. The summed E-state index contributed by atoms with van der Waals surface area (Å²) in [6, 6.07) is 13.7. The van der Waals surface area contributed by atoms with Gasteiger partial charge in [0.1, 0.15) is 18.1 Å². The quantitative estimate of drug-likeness (QED) is 0.648. The number of carbonyl (C=O) groups is 2. The molecule has 2 N–H and O–H groups in total. The maximum atomic E-state index is 12.2. The van der Waals surface area contributed by atoms with E-state index in [0.717, 1.165) is 32.7 Å². The van der Waals surface area contributed by atoms with Crippen molar-refractivity contribution in [2.24, 2.45) is 0 Å². The van der Waals surface area contributed by atoms with E-state index < -0.39 is 6.03 Å². The largest absolute Gasteiger partial charge is 0.497 e. The van der Waals surface area contributed by atoms with Gasteiger partial charge < -0.3 is 14.8 Å². The van der Waals surface area contributed by atoms with E-state index in [1.807, 2.05) is 23.1 Å². The number of amides is 3. The predicted molar refractivity (Wildman–Crippen MR) is 120 cm³/mol. The van der Waals surface area contributed by atoms with Crippen LogP contribution < -0.4 is 20.1 Å². The van der Waals surface area contributed by atoms with Crippen LogP contribution in [0.1, 0.15) is 0 Å². The van der Waals surface area contributed by atoms with Gasteiger partial charge in [-0.15, -0.1) is 0 Å². The number of benzene rings is 2. The Balaban J connectivity index is 1.32. The number of imide groups is 1. The molecule has 2 aromatic carbocycles. The van der Waals surface area contributed by atoms with Gasteiger partial charge in [0.05, 0.1) is 18.7 Å². The lowest BCUT2D eigenvalue weighted by Gasteiger charge is -2.34. The number of carbonyl (C=O) groups excluding carboxylic acids is 2. The fourth-order valence-electron chi connectivity index (χ4n) is 3.22. The lowest BCUT2D eigenvalue weighted by molar-refractivity contribution is -0.121. The monoisotopic (exact) mass is 446 g/mol. The first-order valence-electron chi connectivity index (χ1n) is 10.1. The molecule has 1 fully saturated rings. The molecule has 3 amide bonds. The normalized spacial score (nSPS) is 14.6. The van der Waals surface area contributed by atoms with Gasteiger partial charge in [0, 0.05) is 38.4 Å². The minimum Gasteiger partial charge on any atom is -0.497 e. The highest BCUT2D eigenvalue weighted by Crippen LogP contribution is 2.23. The Labute approximate surface area is 187 Å². The number of anilines is 1. The molecule has 1 saturated heterocycles. The van der Waals surface area contributed by atoms with Crippen LogP contribution in [-0.2, 0) is 4.79 Å². The van der Waals surface area contributed by atoms with Crippen molar-refractivity contribution in [3.05, 3.63) is 53.6 Å². The average Bonchev–Trinajstić information content (AvgIpc) is 2.76. The van der Waals surface area contributed by atoms with E-state index in [1.165, 1.54) is 0 Å². The van der Waals surface area contributed by atoms with E-state index in [-0.39, 0.29) is 12.5 Å². The zero-order valence-electron chi connectivity index (χ0n) is 17.5. The Kier molecular flexibility index (Phi) is 8.52. The van der Waals surface area contributed by atoms with Crippen molar-refractivity contribution in [3.8, 4) is 11.5 Å². The van der Waals surface area contributed by atoms with Gasteiger partial charge in [-0.2, -0.15) is 0 Å². The maximum Gasteiger partial charge on any atom is 0.325 e. The van der Waals surface area contributed by atoms with Crippen molar-refractivity contribution in [1.82, 2.24) is 15.1 Å². The Morgan fingerprint density at radius 3 is 2.35 bits per heavy atom. The summed E-state index contributed by atoms with van der Waals surface area (Å²) in [5.41, 5.74) is 0.582. The maximum absolute atomic E-state index is 12.2. The number of hydrogen-bond acceptors (Lipinski definition) is 6. The van der Waals surface area contributed by atoms with Crippen molar-refractivity contribution in [3.63, 3.8) is 0 Å². The second-order valence-electron chi connectivity index (χ2n) is 7.13. The number of hydrogen-bond donors (Lipinski definition) is 2. The van der Waals surface area contributed by atoms with E-state index >= 15 is 0 Å². The summed E-state index contributed by atoms with van der Waals surface area (Å²) in [6.07, 6.45) is 0. The van der Waals surface area contributed by atoms with E-state index in [2.05, 4.69) is 15.5 Å². The highest BCUT2D eigenvalue weighted by Gasteiger charge is 2.20. The summed E-state index contributed by atoms with van der Waals surface area (Å²) in [5, 5.41) is 5.60. The first-order valence-corrected chi connectivity index (χ1v) is 10.5. The molecule has 0 aromatic heterocycles. The van der Waals surface area contributed by atoms with Crippen molar-refractivity contribution < 1.29 is 19.1 Å².